The molecule has 0 unspecified atom stereocenters. The Morgan fingerprint density at radius 2 is 1.97 bits per heavy atom. The van der Waals surface area contributed by atoms with Crippen LogP contribution in [0.25, 0.3) is 0 Å². The molecule has 0 bridgehead atoms. The van der Waals surface area contributed by atoms with Crippen molar-refractivity contribution in [1.29, 1.82) is 0 Å². The minimum atomic E-state index is -0.0452. The summed E-state index contributed by atoms with van der Waals surface area (Å²) in [5.41, 5.74) is 2.87. The molecule has 1 N–H and O–H groups in total. The van der Waals surface area contributed by atoms with Crippen LogP contribution in [0.15, 0.2) is 70.0 Å². The molecule has 4 rings (SSSR count). The number of carbonyl (C=O) groups excluding carboxylic acids is 1. The van der Waals surface area contributed by atoms with E-state index in [0.717, 1.165) is 34.3 Å². The van der Waals surface area contributed by atoms with Gasteiger partial charge in [-0.05, 0) is 42.1 Å². The van der Waals surface area contributed by atoms with Crippen LogP contribution < -0.4 is 5.32 Å². The Labute approximate surface area is 184 Å². The third-order valence-corrected chi connectivity index (χ3v) is 6.39. The van der Waals surface area contributed by atoms with E-state index in [2.05, 4.69) is 27.7 Å². The minimum Gasteiger partial charge on any atom is -0.468 e. The van der Waals surface area contributed by atoms with Crippen molar-refractivity contribution in [2.75, 3.05) is 5.32 Å². The summed E-state index contributed by atoms with van der Waals surface area (Å²) in [6.45, 7) is 4.23. The Kier molecular flexibility index (Phi) is 6.74. The van der Waals surface area contributed by atoms with Crippen molar-refractivity contribution in [2.45, 2.75) is 33.0 Å². The number of nitrogens with one attached hydrogen (secondary N) is 1. The number of hydrogen-bond donors (Lipinski definition) is 1. The summed E-state index contributed by atoms with van der Waals surface area (Å²) < 4.78 is 5.54. The molecule has 154 valence electrons. The predicted octanol–water partition coefficient (Wildman–Crippen LogP) is 5.49. The van der Waals surface area contributed by atoms with Gasteiger partial charge in [0, 0.05) is 29.0 Å². The number of anilines is 1. The highest BCUT2D eigenvalue weighted by molar-refractivity contribution is 7.10. The molecule has 0 atom stereocenters. The average molecular weight is 438 g/mol. The average Bonchev–Trinajstić information content (AvgIpc) is 3.48. The first-order valence-electron chi connectivity index (χ1n) is 9.71. The molecule has 30 heavy (non-hydrogen) atoms. The number of furan rings is 1. The van der Waals surface area contributed by atoms with E-state index in [9.17, 15) is 4.79 Å². The van der Waals surface area contributed by atoms with Crippen molar-refractivity contribution in [1.82, 2.24) is 9.88 Å². The van der Waals surface area contributed by atoms with Gasteiger partial charge in [0.25, 0.3) is 0 Å². The van der Waals surface area contributed by atoms with Crippen LogP contribution in [0.2, 0.25) is 0 Å². The van der Waals surface area contributed by atoms with Crippen LogP contribution in [0.1, 0.15) is 26.9 Å². The summed E-state index contributed by atoms with van der Waals surface area (Å²) in [5.74, 6) is 0.885. The number of rotatable bonds is 9. The van der Waals surface area contributed by atoms with Gasteiger partial charge in [-0.1, -0.05) is 24.3 Å². The molecule has 0 fully saturated rings. The summed E-state index contributed by atoms with van der Waals surface area (Å²) >= 11 is 3.28. The Balaban J connectivity index is 1.38. The Morgan fingerprint density at radius 3 is 2.73 bits per heavy atom. The fourth-order valence-electron chi connectivity index (χ4n) is 3.19. The molecule has 0 saturated heterocycles. The number of thiophene rings is 1. The molecule has 5 nitrogen and oxygen atoms in total. The molecule has 1 amide bonds. The molecule has 0 saturated carbocycles. The van der Waals surface area contributed by atoms with E-state index in [1.54, 1.807) is 17.6 Å². The van der Waals surface area contributed by atoms with Gasteiger partial charge in [0.1, 0.15) is 10.8 Å². The van der Waals surface area contributed by atoms with E-state index < -0.39 is 0 Å². The van der Waals surface area contributed by atoms with Gasteiger partial charge in [0.2, 0.25) is 5.91 Å². The first kappa shape index (κ1) is 20.5. The van der Waals surface area contributed by atoms with Crippen LogP contribution >= 0.6 is 22.7 Å². The van der Waals surface area contributed by atoms with Crippen LogP contribution in [0.5, 0.6) is 0 Å². The minimum absolute atomic E-state index is 0.0452. The van der Waals surface area contributed by atoms with Crippen molar-refractivity contribution in [3.8, 4) is 0 Å². The topological polar surface area (TPSA) is 58.4 Å². The van der Waals surface area contributed by atoms with E-state index in [1.165, 1.54) is 16.2 Å². The molecule has 0 aliphatic rings. The number of thiazole rings is 1. The monoisotopic (exact) mass is 437 g/mol. The Bertz CT molecular complexity index is 1040. The summed E-state index contributed by atoms with van der Waals surface area (Å²) in [6.07, 6.45) is 1.98. The number of para-hydroxylation sites is 1. The number of amides is 1. The standard InChI is InChI=1S/C23H23N3O2S2/c1-17-6-2-3-9-21(17)25-22(27)12-23-24-18(16-30-23)13-26(14-19-7-4-10-28-19)15-20-8-5-11-29-20/h2-11,16H,12-15H2,1H3,(H,25,27). The van der Waals surface area contributed by atoms with Gasteiger partial charge in [-0.15, -0.1) is 22.7 Å². The molecule has 4 aromatic rings. The van der Waals surface area contributed by atoms with E-state index >= 15 is 0 Å². The lowest BCUT2D eigenvalue weighted by Gasteiger charge is -2.19. The second-order valence-electron chi connectivity index (χ2n) is 7.08. The zero-order valence-corrected chi connectivity index (χ0v) is 18.3. The lowest BCUT2D eigenvalue weighted by Crippen LogP contribution is -2.22. The molecule has 7 heteroatoms. The quantitative estimate of drug-likeness (QED) is 0.376. The number of carbonyl (C=O) groups is 1. The summed E-state index contributed by atoms with van der Waals surface area (Å²) in [5, 5.41) is 7.93. The fourth-order valence-corrected chi connectivity index (χ4v) is 4.72. The Hall–Kier alpha value is -2.74. The van der Waals surface area contributed by atoms with E-state index in [0.29, 0.717) is 13.1 Å². The maximum Gasteiger partial charge on any atom is 0.231 e. The smallest absolute Gasteiger partial charge is 0.231 e. The van der Waals surface area contributed by atoms with Gasteiger partial charge in [-0.25, -0.2) is 4.98 Å². The van der Waals surface area contributed by atoms with Crippen molar-refractivity contribution >= 4 is 34.3 Å². The number of hydrogen-bond acceptors (Lipinski definition) is 6. The molecule has 0 aliphatic carbocycles. The van der Waals surface area contributed by atoms with Gasteiger partial charge in [0.05, 0.1) is 24.9 Å². The SMILES string of the molecule is Cc1ccccc1NC(=O)Cc1nc(CN(Cc2ccco2)Cc2cccs2)cs1. The highest BCUT2D eigenvalue weighted by Gasteiger charge is 2.14. The van der Waals surface area contributed by atoms with E-state index in [4.69, 9.17) is 9.40 Å². The fraction of sp³-hybridized carbons (Fsp3) is 0.217. The normalized spacial score (nSPS) is 11.1. The molecule has 0 spiro atoms. The zero-order valence-electron chi connectivity index (χ0n) is 16.7. The van der Waals surface area contributed by atoms with E-state index in [1.807, 2.05) is 48.7 Å². The zero-order chi connectivity index (χ0) is 20.8. The number of nitrogens with zero attached hydrogens (tertiary/aromatic N) is 2. The van der Waals surface area contributed by atoms with Crippen LogP contribution in [-0.2, 0) is 30.8 Å². The highest BCUT2D eigenvalue weighted by atomic mass is 32.1. The predicted molar refractivity (Wildman–Crippen MR) is 122 cm³/mol. The summed E-state index contributed by atoms with van der Waals surface area (Å²) in [6, 6.07) is 15.9. The maximum absolute atomic E-state index is 12.4. The van der Waals surface area contributed by atoms with Crippen LogP contribution in [0.4, 0.5) is 5.69 Å². The van der Waals surface area contributed by atoms with Gasteiger partial charge < -0.3 is 9.73 Å². The van der Waals surface area contributed by atoms with Crippen molar-refractivity contribution < 1.29 is 9.21 Å². The van der Waals surface area contributed by atoms with Crippen molar-refractivity contribution in [2.24, 2.45) is 0 Å². The van der Waals surface area contributed by atoms with Crippen molar-refractivity contribution in [3.63, 3.8) is 0 Å². The molecular formula is C23H23N3O2S2. The lowest BCUT2D eigenvalue weighted by atomic mass is 10.2. The van der Waals surface area contributed by atoms with Gasteiger partial charge in [0.15, 0.2) is 0 Å². The molecular weight excluding hydrogens is 414 g/mol. The van der Waals surface area contributed by atoms with Crippen LogP contribution in [0.3, 0.4) is 0 Å². The molecule has 0 radical (unpaired) electrons. The summed E-state index contributed by atoms with van der Waals surface area (Å²) in [7, 11) is 0. The lowest BCUT2D eigenvalue weighted by molar-refractivity contribution is -0.115. The first-order valence-corrected chi connectivity index (χ1v) is 11.5. The molecule has 0 aliphatic heterocycles. The van der Waals surface area contributed by atoms with Crippen LogP contribution in [0, 0.1) is 6.92 Å². The highest BCUT2D eigenvalue weighted by Crippen LogP contribution is 2.20. The summed E-state index contributed by atoms with van der Waals surface area (Å²) in [4.78, 5) is 20.7. The number of aryl methyl sites for hydroxylation is 1. The molecule has 3 heterocycles. The largest absolute Gasteiger partial charge is 0.468 e. The number of benzene rings is 1. The van der Waals surface area contributed by atoms with Gasteiger partial charge >= 0.3 is 0 Å². The third-order valence-electron chi connectivity index (χ3n) is 4.63. The molecule has 1 aromatic carbocycles. The van der Waals surface area contributed by atoms with Gasteiger partial charge in [-0.2, -0.15) is 0 Å². The maximum atomic E-state index is 12.4. The second kappa shape index (κ2) is 9.84. The first-order chi connectivity index (χ1) is 14.7. The Morgan fingerprint density at radius 1 is 1.07 bits per heavy atom. The number of aromatic nitrogens is 1. The van der Waals surface area contributed by atoms with Crippen LogP contribution in [-0.4, -0.2) is 15.8 Å². The second-order valence-corrected chi connectivity index (χ2v) is 9.05. The molecule has 3 aromatic heterocycles. The van der Waals surface area contributed by atoms with Gasteiger partial charge in [-0.3, -0.25) is 9.69 Å². The third kappa shape index (κ3) is 5.66. The van der Waals surface area contributed by atoms with E-state index in [-0.39, 0.29) is 12.3 Å². The van der Waals surface area contributed by atoms with Crippen molar-refractivity contribution in [3.05, 3.63) is 92.5 Å².